The molecule has 1 aromatic rings. The number of carboxylic acids is 1. The molecule has 0 spiro atoms. The summed E-state index contributed by atoms with van der Waals surface area (Å²) in [5.41, 5.74) is 0.538. The third-order valence-corrected chi connectivity index (χ3v) is 3.90. The summed E-state index contributed by atoms with van der Waals surface area (Å²) in [4.78, 5) is 25.3. The Kier molecular flexibility index (Phi) is 4.42. The second kappa shape index (κ2) is 6.07. The van der Waals surface area contributed by atoms with E-state index in [0.29, 0.717) is 18.5 Å². The van der Waals surface area contributed by atoms with Crippen molar-refractivity contribution in [2.75, 3.05) is 6.54 Å². The van der Waals surface area contributed by atoms with Crippen LogP contribution in [-0.4, -0.2) is 44.3 Å². The largest absolute Gasteiger partial charge is 0.481 e. The van der Waals surface area contributed by atoms with Gasteiger partial charge in [0, 0.05) is 25.3 Å². The van der Waals surface area contributed by atoms with Gasteiger partial charge in [0.05, 0.1) is 17.7 Å². The number of rotatable bonds is 4. The van der Waals surface area contributed by atoms with Crippen molar-refractivity contribution >= 4 is 11.9 Å². The zero-order valence-corrected chi connectivity index (χ0v) is 12.0. The fourth-order valence-electron chi connectivity index (χ4n) is 2.75. The summed E-state index contributed by atoms with van der Waals surface area (Å²) < 4.78 is 1.75. The molecule has 1 saturated heterocycles. The zero-order chi connectivity index (χ0) is 14.7. The van der Waals surface area contributed by atoms with Gasteiger partial charge in [0.2, 0.25) is 0 Å². The molecule has 0 aromatic carbocycles. The van der Waals surface area contributed by atoms with Crippen molar-refractivity contribution in [1.82, 2.24) is 14.7 Å². The van der Waals surface area contributed by atoms with E-state index in [2.05, 4.69) is 5.10 Å². The van der Waals surface area contributed by atoms with E-state index in [9.17, 15) is 14.7 Å². The Labute approximate surface area is 118 Å². The average molecular weight is 279 g/mol. The number of likely N-dealkylation sites (tertiary alicyclic amines) is 1. The highest BCUT2D eigenvalue weighted by atomic mass is 16.4. The van der Waals surface area contributed by atoms with E-state index in [4.69, 9.17) is 0 Å². The maximum Gasteiger partial charge on any atom is 0.308 e. The summed E-state index contributed by atoms with van der Waals surface area (Å²) in [6.07, 6.45) is 5.63. The van der Waals surface area contributed by atoms with Crippen molar-refractivity contribution in [3.8, 4) is 0 Å². The second-order valence-electron chi connectivity index (χ2n) is 5.32. The summed E-state index contributed by atoms with van der Waals surface area (Å²) in [6, 6.07) is -0.275. The molecule has 0 radical (unpaired) electrons. The number of aryl methyl sites for hydroxylation is 1. The first-order chi connectivity index (χ1) is 9.54. The Balaban J connectivity index is 2.12. The van der Waals surface area contributed by atoms with E-state index < -0.39 is 11.9 Å². The Bertz CT molecular complexity index is 498. The molecule has 110 valence electrons. The smallest absolute Gasteiger partial charge is 0.308 e. The van der Waals surface area contributed by atoms with Gasteiger partial charge in [0.25, 0.3) is 5.91 Å². The number of piperidine rings is 1. The fraction of sp³-hybridized carbons (Fsp3) is 0.643. The van der Waals surface area contributed by atoms with E-state index in [0.717, 1.165) is 19.4 Å². The summed E-state index contributed by atoms with van der Waals surface area (Å²) >= 11 is 0. The molecule has 0 saturated carbocycles. The van der Waals surface area contributed by atoms with Gasteiger partial charge in [-0.1, -0.05) is 6.92 Å². The number of carbonyl (C=O) groups is 2. The Hall–Kier alpha value is -1.85. The van der Waals surface area contributed by atoms with E-state index in [1.54, 1.807) is 22.0 Å². The number of carbonyl (C=O) groups excluding carboxylic acids is 1. The molecule has 1 aliphatic rings. The maximum atomic E-state index is 12.5. The lowest BCUT2D eigenvalue weighted by Crippen LogP contribution is -2.49. The van der Waals surface area contributed by atoms with Gasteiger partial charge in [0.1, 0.15) is 0 Å². The van der Waals surface area contributed by atoms with Crippen LogP contribution in [0.3, 0.4) is 0 Å². The lowest BCUT2D eigenvalue weighted by atomic mass is 9.90. The number of nitrogens with zero attached hydrogens (tertiary/aromatic N) is 3. The van der Waals surface area contributed by atoms with E-state index in [1.165, 1.54) is 0 Å². The monoisotopic (exact) mass is 279 g/mol. The molecule has 2 rings (SSSR count). The van der Waals surface area contributed by atoms with E-state index in [-0.39, 0.29) is 11.9 Å². The Morgan fingerprint density at radius 3 is 2.90 bits per heavy atom. The van der Waals surface area contributed by atoms with Gasteiger partial charge in [-0.05, 0) is 26.2 Å². The minimum Gasteiger partial charge on any atom is -0.481 e. The molecule has 1 N–H and O–H groups in total. The number of carboxylic acid groups (broad SMARTS) is 1. The minimum atomic E-state index is -0.823. The molecular weight excluding hydrogens is 258 g/mol. The molecule has 0 aliphatic carbocycles. The lowest BCUT2D eigenvalue weighted by molar-refractivity contribution is -0.144. The van der Waals surface area contributed by atoms with E-state index in [1.807, 2.05) is 13.8 Å². The normalized spacial score (nSPS) is 22.8. The first-order valence-electron chi connectivity index (χ1n) is 7.10. The molecule has 20 heavy (non-hydrogen) atoms. The van der Waals surface area contributed by atoms with Crippen LogP contribution >= 0.6 is 0 Å². The van der Waals surface area contributed by atoms with Crippen molar-refractivity contribution in [2.45, 2.75) is 45.7 Å². The topological polar surface area (TPSA) is 75.4 Å². The van der Waals surface area contributed by atoms with Crippen LogP contribution in [0.25, 0.3) is 0 Å². The van der Waals surface area contributed by atoms with Crippen molar-refractivity contribution in [1.29, 1.82) is 0 Å². The fourth-order valence-corrected chi connectivity index (χ4v) is 2.75. The van der Waals surface area contributed by atoms with Crippen molar-refractivity contribution in [3.63, 3.8) is 0 Å². The van der Waals surface area contributed by atoms with Gasteiger partial charge < -0.3 is 10.0 Å². The van der Waals surface area contributed by atoms with Crippen LogP contribution in [-0.2, 0) is 11.3 Å². The molecular formula is C14H21N3O3. The van der Waals surface area contributed by atoms with Gasteiger partial charge >= 0.3 is 5.97 Å². The maximum absolute atomic E-state index is 12.5. The summed E-state index contributed by atoms with van der Waals surface area (Å²) in [6.45, 7) is 5.25. The lowest BCUT2D eigenvalue weighted by Gasteiger charge is -2.37. The van der Waals surface area contributed by atoms with Gasteiger partial charge in [0.15, 0.2) is 0 Å². The quantitative estimate of drug-likeness (QED) is 0.908. The average Bonchev–Trinajstić information content (AvgIpc) is 2.87. The molecule has 1 aliphatic heterocycles. The molecule has 6 heteroatoms. The minimum absolute atomic E-state index is 0.120. The van der Waals surface area contributed by atoms with Crippen LogP contribution in [0.5, 0.6) is 0 Å². The second-order valence-corrected chi connectivity index (χ2v) is 5.32. The Morgan fingerprint density at radius 1 is 1.50 bits per heavy atom. The highest BCUT2D eigenvalue weighted by Crippen LogP contribution is 2.25. The molecule has 0 unspecified atom stereocenters. The van der Waals surface area contributed by atoms with Crippen LogP contribution < -0.4 is 0 Å². The van der Waals surface area contributed by atoms with Crippen LogP contribution in [0.4, 0.5) is 0 Å². The predicted molar refractivity (Wildman–Crippen MR) is 73.4 cm³/mol. The van der Waals surface area contributed by atoms with Crippen LogP contribution in [0.1, 0.15) is 43.5 Å². The highest BCUT2D eigenvalue weighted by molar-refractivity contribution is 5.94. The summed E-state index contributed by atoms with van der Waals surface area (Å²) in [7, 11) is 0. The molecule has 0 bridgehead atoms. The van der Waals surface area contributed by atoms with Gasteiger partial charge in [-0.25, -0.2) is 0 Å². The third-order valence-electron chi connectivity index (χ3n) is 3.90. The number of aliphatic carboxylic acids is 1. The summed E-state index contributed by atoms with van der Waals surface area (Å²) in [5.74, 6) is -1.42. The highest BCUT2D eigenvalue weighted by Gasteiger charge is 2.35. The molecule has 1 aromatic heterocycles. The molecule has 1 amide bonds. The van der Waals surface area contributed by atoms with Crippen LogP contribution in [0.2, 0.25) is 0 Å². The molecule has 2 atom stereocenters. The van der Waals surface area contributed by atoms with Gasteiger partial charge in [-0.2, -0.15) is 5.10 Å². The zero-order valence-electron chi connectivity index (χ0n) is 12.0. The van der Waals surface area contributed by atoms with Crippen LogP contribution in [0, 0.1) is 5.92 Å². The van der Waals surface area contributed by atoms with Gasteiger partial charge in [-0.15, -0.1) is 0 Å². The molecule has 6 nitrogen and oxygen atoms in total. The number of aromatic nitrogens is 2. The molecule has 1 fully saturated rings. The SMILES string of the molecule is CCCn1cc(C(=O)N2CCC[C@H](C(=O)O)[C@@H]2C)cn1. The summed E-state index contributed by atoms with van der Waals surface area (Å²) in [5, 5.41) is 13.4. The standard InChI is InChI=1S/C14H21N3O3/c1-3-6-16-9-11(8-15-16)13(18)17-7-4-5-12(10(17)2)14(19)20/h8-10,12H,3-7H2,1-2H3,(H,19,20)/t10-,12-/m0/s1. The number of hydrogen-bond donors (Lipinski definition) is 1. The van der Waals surface area contributed by atoms with E-state index >= 15 is 0 Å². The number of amides is 1. The predicted octanol–water partition coefficient (Wildman–Crippen LogP) is 1.62. The third kappa shape index (κ3) is 2.84. The van der Waals surface area contributed by atoms with Gasteiger partial charge in [-0.3, -0.25) is 14.3 Å². The van der Waals surface area contributed by atoms with Crippen molar-refractivity contribution in [2.24, 2.45) is 5.92 Å². The van der Waals surface area contributed by atoms with Crippen LogP contribution in [0.15, 0.2) is 12.4 Å². The Morgan fingerprint density at radius 2 is 2.25 bits per heavy atom. The van der Waals surface area contributed by atoms with Crippen molar-refractivity contribution in [3.05, 3.63) is 18.0 Å². The first kappa shape index (κ1) is 14.6. The first-order valence-corrected chi connectivity index (χ1v) is 7.10. The molecule has 2 heterocycles. The number of hydrogen-bond acceptors (Lipinski definition) is 3. The van der Waals surface area contributed by atoms with Crippen molar-refractivity contribution < 1.29 is 14.7 Å².